The van der Waals surface area contributed by atoms with Gasteiger partial charge in [0.15, 0.2) is 11.5 Å². The molecule has 3 N–H and O–H groups in total. The first-order valence-corrected chi connectivity index (χ1v) is 7.11. The number of nitrogens with zero attached hydrogens (tertiary/aromatic N) is 3. The standard InChI is InChI=1S/C16H13F2N5O2/c1-25-11-5-3-10(4-6-11)23-15(19)14(21-22-23)16(24)20-13-7-2-9(17)8-12(13)18/h2-8H,19H2,1H3,(H,20,24). The molecule has 9 heteroatoms. The van der Waals surface area contributed by atoms with Crippen molar-refractivity contribution in [1.29, 1.82) is 0 Å². The molecular formula is C16H13F2N5O2. The molecule has 0 radical (unpaired) electrons. The highest BCUT2D eigenvalue weighted by molar-refractivity contribution is 6.05. The van der Waals surface area contributed by atoms with E-state index in [1.54, 1.807) is 24.3 Å². The van der Waals surface area contributed by atoms with Gasteiger partial charge >= 0.3 is 0 Å². The average molecular weight is 345 g/mol. The first-order valence-electron chi connectivity index (χ1n) is 7.11. The third-order valence-corrected chi connectivity index (χ3v) is 3.42. The molecule has 7 nitrogen and oxygen atoms in total. The Morgan fingerprint density at radius 2 is 1.92 bits per heavy atom. The molecular weight excluding hydrogens is 332 g/mol. The van der Waals surface area contributed by atoms with Crippen molar-refractivity contribution in [3.05, 3.63) is 59.8 Å². The van der Waals surface area contributed by atoms with E-state index in [0.29, 0.717) is 17.5 Å². The Hall–Kier alpha value is -3.49. The van der Waals surface area contributed by atoms with Crippen LogP contribution in [0.2, 0.25) is 0 Å². The quantitative estimate of drug-likeness (QED) is 0.757. The second-order valence-electron chi connectivity index (χ2n) is 5.01. The van der Waals surface area contributed by atoms with Crippen molar-refractivity contribution in [3.63, 3.8) is 0 Å². The lowest BCUT2D eigenvalue weighted by atomic mass is 10.2. The van der Waals surface area contributed by atoms with E-state index in [0.717, 1.165) is 12.1 Å². The Morgan fingerprint density at radius 1 is 1.20 bits per heavy atom. The topological polar surface area (TPSA) is 95.1 Å². The van der Waals surface area contributed by atoms with Crippen LogP contribution in [0.1, 0.15) is 10.5 Å². The smallest absolute Gasteiger partial charge is 0.280 e. The number of carbonyl (C=O) groups is 1. The van der Waals surface area contributed by atoms with Crippen molar-refractivity contribution >= 4 is 17.4 Å². The van der Waals surface area contributed by atoms with Gasteiger partial charge in [-0.2, -0.15) is 4.68 Å². The number of hydrogen-bond acceptors (Lipinski definition) is 5. The Bertz CT molecular complexity index is 925. The van der Waals surface area contributed by atoms with Crippen LogP contribution in [0.25, 0.3) is 5.69 Å². The fourth-order valence-corrected chi connectivity index (χ4v) is 2.14. The maximum absolute atomic E-state index is 13.6. The maximum Gasteiger partial charge on any atom is 0.280 e. The Labute approximate surface area is 141 Å². The molecule has 25 heavy (non-hydrogen) atoms. The minimum absolute atomic E-state index is 0.0230. The zero-order valence-corrected chi connectivity index (χ0v) is 13.0. The molecule has 0 unspecified atom stereocenters. The van der Waals surface area contributed by atoms with E-state index in [4.69, 9.17) is 10.5 Å². The van der Waals surface area contributed by atoms with E-state index >= 15 is 0 Å². The van der Waals surface area contributed by atoms with Gasteiger partial charge in [0.25, 0.3) is 5.91 Å². The summed E-state index contributed by atoms with van der Waals surface area (Å²) in [7, 11) is 1.54. The van der Waals surface area contributed by atoms with Gasteiger partial charge in [-0.15, -0.1) is 5.10 Å². The summed E-state index contributed by atoms with van der Waals surface area (Å²) in [6, 6.07) is 9.56. The van der Waals surface area contributed by atoms with Gasteiger partial charge in [0.1, 0.15) is 17.4 Å². The summed E-state index contributed by atoms with van der Waals surface area (Å²) < 4.78 is 32.9. The first-order chi connectivity index (χ1) is 12.0. The number of rotatable bonds is 4. The van der Waals surface area contributed by atoms with Gasteiger partial charge in [-0.05, 0) is 36.4 Å². The predicted molar refractivity (Wildman–Crippen MR) is 86.6 cm³/mol. The Balaban J connectivity index is 1.85. The molecule has 0 bridgehead atoms. The first kappa shape index (κ1) is 16.4. The lowest BCUT2D eigenvalue weighted by Gasteiger charge is -2.06. The molecule has 1 heterocycles. The van der Waals surface area contributed by atoms with Crippen molar-refractivity contribution < 1.29 is 18.3 Å². The lowest BCUT2D eigenvalue weighted by Crippen LogP contribution is -2.16. The second-order valence-corrected chi connectivity index (χ2v) is 5.01. The molecule has 0 saturated carbocycles. The summed E-state index contributed by atoms with van der Waals surface area (Å²) >= 11 is 0. The van der Waals surface area contributed by atoms with Gasteiger partial charge in [0.2, 0.25) is 0 Å². The molecule has 0 aliphatic carbocycles. The Morgan fingerprint density at radius 3 is 2.56 bits per heavy atom. The normalized spacial score (nSPS) is 10.5. The Kier molecular flexibility index (Phi) is 4.29. The molecule has 3 rings (SSSR count). The zero-order chi connectivity index (χ0) is 18.0. The summed E-state index contributed by atoms with van der Waals surface area (Å²) in [5, 5.41) is 9.83. The van der Waals surface area contributed by atoms with E-state index in [-0.39, 0.29) is 17.2 Å². The predicted octanol–water partition coefficient (Wildman–Crippen LogP) is 2.39. The number of nitrogens with two attached hydrogens (primary N) is 1. The number of nitrogens with one attached hydrogen (secondary N) is 1. The number of methoxy groups -OCH3 is 1. The van der Waals surface area contributed by atoms with Crippen molar-refractivity contribution in [2.75, 3.05) is 18.2 Å². The average Bonchev–Trinajstić information content (AvgIpc) is 2.99. The molecule has 0 fully saturated rings. The third-order valence-electron chi connectivity index (χ3n) is 3.42. The van der Waals surface area contributed by atoms with Crippen molar-refractivity contribution in [2.45, 2.75) is 0 Å². The van der Waals surface area contributed by atoms with E-state index in [1.807, 2.05) is 0 Å². The fraction of sp³-hybridized carbons (Fsp3) is 0.0625. The van der Waals surface area contributed by atoms with E-state index in [2.05, 4.69) is 15.6 Å². The highest BCUT2D eigenvalue weighted by Gasteiger charge is 2.19. The number of ether oxygens (including phenoxy) is 1. The van der Waals surface area contributed by atoms with Crippen LogP contribution in [-0.2, 0) is 0 Å². The van der Waals surface area contributed by atoms with Gasteiger partial charge < -0.3 is 15.8 Å². The molecule has 0 atom stereocenters. The zero-order valence-electron chi connectivity index (χ0n) is 13.0. The van der Waals surface area contributed by atoms with Crippen LogP contribution in [0, 0.1) is 11.6 Å². The number of aromatic nitrogens is 3. The summed E-state index contributed by atoms with van der Waals surface area (Å²) in [5.74, 6) is -1.80. The number of amides is 1. The minimum Gasteiger partial charge on any atom is -0.497 e. The van der Waals surface area contributed by atoms with Crippen molar-refractivity contribution in [3.8, 4) is 11.4 Å². The molecule has 0 saturated heterocycles. The van der Waals surface area contributed by atoms with E-state index in [1.165, 1.54) is 11.8 Å². The third kappa shape index (κ3) is 3.25. The van der Waals surface area contributed by atoms with Gasteiger partial charge in [0.05, 0.1) is 18.5 Å². The van der Waals surface area contributed by atoms with Crippen LogP contribution in [0.3, 0.4) is 0 Å². The highest BCUT2D eigenvalue weighted by atomic mass is 19.1. The van der Waals surface area contributed by atoms with Gasteiger partial charge in [0, 0.05) is 6.07 Å². The molecule has 2 aromatic carbocycles. The largest absolute Gasteiger partial charge is 0.497 e. The molecule has 3 aromatic rings. The van der Waals surface area contributed by atoms with Crippen LogP contribution in [0.15, 0.2) is 42.5 Å². The van der Waals surface area contributed by atoms with Crippen LogP contribution in [0.5, 0.6) is 5.75 Å². The van der Waals surface area contributed by atoms with Crippen LogP contribution in [0.4, 0.5) is 20.3 Å². The number of anilines is 2. The molecule has 128 valence electrons. The van der Waals surface area contributed by atoms with Crippen LogP contribution < -0.4 is 15.8 Å². The molecule has 1 aromatic heterocycles. The number of hydrogen-bond donors (Lipinski definition) is 2. The molecule has 0 aliphatic heterocycles. The van der Waals surface area contributed by atoms with E-state index < -0.39 is 17.5 Å². The monoisotopic (exact) mass is 345 g/mol. The lowest BCUT2D eigenvalue weighted by molar-refractivity contribution is 0.102. The van der Waals surface area contributed by atoms with Crippen molar-refractivity contribution in [2.24, 2.45) is 0 Å². The maximum atomic E-state index is 13.6. The molecule has 1 amide bonds. The van der Waals surface area contributed by atoms with Gasteiger partial charge in [-0.3, -0.25) is 4.79 Å². The number of benzene rings is 2. The summed E-state index contributed by atoms with van der Waals surface area (Å²) in [5.41, 5.74) is 6.11. The van der Waals surface area contributed by atoms with Gasteiger partial charge in [-0.25, -0.2) is 8.78 Å². The minimum atomic E-state index is -0.908. The number of carbonyl (C=O) groups excluding carboxylic acids is 1. The van der Waals surface area contributed by atoms with Gasteiger partial charge in [-0.1, -0.05) is 5.21 Å². The van der Waals surface area contributed by atoms with Crippen LogP contribution in [-0.4, -0.2) is 28.0 Å². The van der Waals surface area contributed by atoms with Crippen LogP contribution >= 0.6 is 0 Å². The SMILES string of the molecule is COc1ccc(-n2nnc(C(=O)Nc3ccc(F)cc3F)c2N)cc1. The molecule has 0 aliphatic rings. The van der Waals surface area contributed by atoms with Crippen molar-refractivity contribution in [1.82, 2.24) is 15.0 Å². The van der Waals surface area contributed by atoms with E-state index in [9.17, 15) is 13.6 Å². The second kappa shape index (κ2) is 6.56. The summed E-state index contributed by atoms with van der Waals surface area (Å²) in [4.78, 5) is 12.2. The number of nitrogen functional groups attached to an aromatic ring is 1. The fourth-order valence-electron chi connectivity index (χ4n) is 2.14. The highest BCUT2D eigenvalue weighted by Crippen LogP contribution is 2.20. The molecule has 0 spiro atoms. The number of halogens is 2. The summed E-state index contributed by atoms with van der Waals surface area (Å²) in [6.45, 7) is 0. The summed E-state index contributed by atoms with van der Waals surface area (Å²) in [6.07, 6.45) is 0.